The Morgan fingerprint density at radius 1 is 1.16 bits per heavy atom. The third-order valence-corrected chi connectivity index (χ3v) is 3.45. The molecule has 0 saturated carbocycles. The summed E-state index contributed by atoms with van der Waals surface area (Å²) in [5.74, 6) is 1.49. The lowest BCUT2D eigenvalue weighted by Gasteiger charge is -2.13. The molecule has 0 aliphatic rings. The Labute approximate surface area is 126 Å². The Morgan fingerprint density at radius 3 is 2.68 bits per heavy atom. The number of benzene rings is 2. The van der Waals surface area contributed by atoms with Crippen molar-refractivity contribution in [3.63, 3.8) is 0 Å². The maximum Gasteiger partial charge on any atom is 0.146 e. The van der Waals surface area contributed by atoms with E-state index in [-0.39, 0.29) is 0 Å². The minimum Gasteiger partial charge on any atom is -0.455 e. The summed E-state index contributed by atoms with van der Waals surface area (Å²) < 4.78 is 6.93. The van der Waals surface area contributed by atoms with E-state index in [0.29, 0.717) is 10.8 Å². The number of para-hydroxylation sites is 1. The van der Waals surface area contributed by atoms with Gasteiger partial charge in [-0.3, -0.25) is 0 Å². The first kappa shape index (κ1) is 14.4. The van der Waals surface area contributed by atoms with Gasteiger partial charge in [0.15, 0.2) is 0 Å². The zero-order chi connectivity index (χ0) is 13.7. The Kier molecular flexibility index (Phi) is 5.25. The lowest BCUT2D eigenvalue weighted by molar-refractivity contribution is 0.473. The Bertz CT molecular complexity index is 560. The van der Waals surface area contributed by atoms with Crippen molar-refractivity contribution in [1.82, 2.24) is 5.32 Å². The second-order valence-electron chi connectivity index (χ2n) is 4.06. The first-order valence-electron chi connectivity index (χ1n) is 6.12. The van der Waals surface area contributed by atoms with Gasteiger partial charge in [-0.15, -0.1) is 0 Å². The molecule has 0 fully saturated rings. The highest BCUT2D eigenvalue weighted by atomic mass is 79.9. The van der Waals surface area contributed by atoms with E-state index >= 15 is 0 Å². The van der Waals surface area contributed by atoms with Gasteiger partial charge in [-0.05, 0) is 36.9 Å². The third kappa shape index (κ3) is 3.96. The largest absolute Gasteiger partial charge is 0.455 e. The number of nitrogens with one attached hydrogen (secondary N) is 1. The predicted octanol–water partition coefficient (Wildman–Crippen LogP) is 5.00. The molecule has 0 atom stereocenters. The fraction of sp³-hybridized carbons (Fsp3) is 0.200. The van der Waals surface area contributed by atoms with E-state index in [4.69, 9.17) is 16.3 Å². The Balaban J connectivity index is 2.26. The van der Waals surface area contributed by atoms with Crippen LogP contribution in [-0.4, -0.2) is 6.54 Å². The van der Waals surface area contributed by atoms with Gasteiger partial charge in [0.05, 0.1) is 5.02 Å². The van der Waals surface area contributed by atoms with E-state index in [0.717, 1.165) is 28.9 Å². The van der Waals surface area contributed by atoms with Crippen LogP contribution in [-0.2, 0) is 6.54 Å². The lowest BCUT2D eigenvalue weighted by atomic mass is 10.2. The molecule has 0 aliphatic heterocycles. The van der Waals surface area contributed by atoms with Crippen LogP contribution in [0.1, 0.15) is 12.5 Å². The van der Waals surface area contributed by atoms with Crippen LogP contribution < -0.4 is 10.1 Å². The van der Waals surface area contributed by atoms with Crippen LogP contribution in [0.25, 0.3) is 0 Å². The average Bonchev–Trinajstić information content (AvgIpc) is 2.41. The third-order valence-electron chi connectivity index (χ3n) is 2.64. The Morgan fingerprint density at radius 2 is 1.95 bits per heavy atom. The summed E-state index contributed by atoms with van der Waals surface area (Å²) in [6, 6.07) is 13.4. The summed E-state index contributed by atoms with van der Waals surface area (Å²) in [5, 5.41) is 3.91. The highest BCUT2D eigenvalue weighted by molar-refractivity contribution is 9.10. The molecule has 0 bridgehead atoms. The van der Waals surface area contributed by atoms with Crippen molar-refractivity contribution >= 4 is 27.5 Å². The predicted molar refractivity (Wildman–Crippen MR) is 83.0 cm³/mol. The van der Waals surface area contributed by atoms with E-state index < -0.39 is 0 Å². The maximum absolute atomic E-state index is 6.11. The van der Waals surface area contributed by atoms with E-state index in [2.05, 4.69) is 34.2 Å². The molecular formula is C15H15BrClNO. The van der Waals surface area contributed by atoms with Crippen LogP contribution in [0.15, 0.2) is 46.9 Å². The molecule has 0 aromatic heterocycles. The Hall–Kier alpha value is -1.03. The summed E-state index contributed by atoms with van der Waals surface area (Å²) in [5.41, 5.74) is 1.09. The molecule has 2 aromatic carbocycles. The molecule has 0 unspecified atom stereocenters. The normalized spacial score (nSPS) is 10.5. The van der Waals surface area contributed by atoms with Crippen molar-refractivity contribution in [3.8, 4) is 11.5 Å². The SMILES string of the molecule is CCNCc1cc(Br)ccc1Oc1ccccc1Cl. The number of ether oxygens (including phenoxy) is 1. The van der Waals surface area contributed by atoms with Crippen molar-refractivity contribution in [2.75, 3.05) is 6.54 Å². The highest BCUT2D eigenvalue weighted by Crippen LogP contribution is 2.32. The van der Waals surface area contributed by atoms with Crippen molar-refractivity contribution in [3.05, 3.63) is 57.5 Å². The molecule has 0 saturated heterocycles. The van der Waals surface area contributed by atoms with Gasteiger partial charge in [0.1, 0.15) is 11.5 Å². The standard InChI is InChI=1S/C15H15BrClNO/c1-2-18-10-11-9-12(16)7-8-14(11)19-15-6-4-3-5-13(15)17/h3-9,18H,2,10H2,1H3. The van der Waals surface area contributed by atoms with Crippen molar-refractivity contribution in [1.29, 1.82) is 0 Å². The molecule has 4 heteroatoms. The second kappa shape index (κ2) is 6.94. The van der Waals surface area contributed by atoms with Crippen molar-refractivity contribution in [2.45, 2.75) is 13.5 Å². The lowest BCUT2D eigenvalue weighted by Crippen LogP contribution is -2.12. The maximum atomic E-state index is 6.11. The number of rotatable bonds is 5. The molecule has 100 valence electrons. The van der Waals surface area contributed by atoms with Gasteiger partial charge in [-0.25, -0.2) is 0 Å². The van der Waals surface area contributed by atoms with Crippen LogP contribution in [0.3, 0.4) is 0 Å². The van der Waals surface area contributed by atoms with E-state index in [1.807, 2.05) is 36.4 Å². The minimum atomic E-state index is 0.611. The molecule has 2 rings (SSSR count). The number of halogens is 2. The van der Waals surface area contributed by atoms with Gasteiger partial charge in [0, 0.05) is 16.6 Å². The zero-order valence-electron chi connectivity index (χ0n) is 10.6. The van der Waals surface area contributed by atoms with E-state index in [1.165, 1.54) is 0 Å². The van der Waals surface area contributed by atoms with Crippen molar-refractivity contribution < 1.29 is 4.74 Å². The van der Waals surface area contributed by atoms with Gasteiger partial charge in [0.25, 0.3) is 0 Å². The summed E-state index contributed by atoms with van der Waals surface area (Å²) in [6.07, 6.45) is 0. The van der Waals surface area contributed by atoms with Crippen LogP contribution in [0.5, 0.6) is 11.5 Å². The fourth-order valence-corrected chi connectivity index (χ4v) is 2.27. The molecular weight excluding hydrogens is 326 g/mol. The smallest absolute Gasteiger partial charge is 0.146 e. The van der Waals surface area contributed by atoms with E-state index in [9.17, 15) is 0 Å². The second-order valence-corrected chi connectivity index (χ2v) is 5.39. The van der Waals surface area contributed by atoms with Crippen LogP contribution in [0.4, 0.5) is 0 Å². The molecule has 0 amide bonds. The van der Waals surface area contributed by atoms with Gasteiger partial charge < -0.3 is 10.1 Å². The average molecular weight is 341 g/mol. The van der Waals surface area contributed by atoms with Gasteiger partial charge in [-0.1, -0.05) is 46.6 Å². The van der Waals surface area contributed by atoms with Crippen LogP contribution in [0, 0.1) is 0 Å². The van der Waals surface area contributed by atoms with Gasteiger partial charge in [0.2, 0.25) is 0 Å². The topological polar surface area (TPSA) is 21.3 Å². The number of hydrogen-bond acceptors (Lipinski definition) is 2. The summed E-state index contributed by atoms with van der Waals surface area (Å²) >= 11 is 9.59. The van der Waals surface area contributed by atoms with Gasteiger partial charge in [-0.2, -0.15) is 0 Å². The summed E-state index contributed by atoms with van der Waals surface area (Å²) in [6.45, 7) is 3.75. The summed E-state index contributed by atoms with van der Waals surface area (Å²) in [7, 11) is 0. The van der Waals surface area contributed by atoms with Gasteiger partial charge >= 0.3 is 0 Å². The molecule has 0 heterocycles. The molecule has 2 aromatic rings. The minimum absolute atomic E-state index is 0.611. The molecule has 19 heavy (non-hydrogen) atoms. The molecule has 0 aliphatic carbocycles. The van der Waals surface area contributed by atoms with E-state index in [1.54, 1.807) is 0 Å². The monoisotopic (exact) mass is 339 g/mol. The first-order chi connectivity index (χ1) is 9.20. The quantitative estimate of drug-likeness (QED) is 0.826. The zero-order valence-corrected chi connectivity index (χ0v) is 13.0. The first-order valence-corrected chi connectivity index (χ1v) is 7.29. The summed E-state index contributed by atoms with van der Waals surface area (Å²) in [4.78, 5) is 0. The highest BCUT2D eigenvalue weighted by Gasteiger charge is 2.07. The molecule has 1 N–H and O–H groups in total. The van der Waals surface area contributed by atoms with Crippen LogP contribution >= 0.6 is 27.5 Å². The molecule has 0 spiro atoms. The van der Waals surface area contributed by atoms with Crippen LogP contribution in [0.2, 0.25) is 5.02 Å². The number of hydrogen-bond donors (Lipinski definition) is 1. The fourth-order valence-electron chi connectivity index (χ4n) is 1.69. The molecule has 2 nitrogen and oxygen atoms in total. The molecule has 0 radical (unpaired) electrons. The van der Waals surface area contributed by atoms with Crippen molar-refractivity contribution in [2.24, 2.45) is 0 Å².